The van der Waals surface area contributed by atoms with E-state index in [0.717, 1.165) is 38.5 Å². The first-order valence-electron chi connectivity index (χ1n) is 10.3. The van der Waals surface area contributed by atoms with Crippen molar-refractivity contribution in [2.24, 2.45) is 0 Å². The van der Waals surface area contributed by atoms with Gasteiger partial charge in [-0.05, 0) is 30.3 Å². The van der Waals surface area contributed by atoms with Gasteiger partial charge in [-0.3, -0.25) is 14.6 Å². The summed E-state index contributed by atoms with van der Waals surface area (Å²) in [4.78, 5) is 17.1. The Hall–Kier alpha value is -2.20. The molecule has 1 amide bonds. The van der Waals surface area contributed by atoms with Crippen LogP contribution in [-0.2, 0) is 21.4 Å². The molecular formula is C21H30N4O4S. The summed E-state index contributed by atoms with van der Waals surface area (Å²) in [6, 6.07) is 10.3. The number of hydrogen-bond donors (Lipinski definition) is 1. The standard InChI is InChI=1S/C21H30N4O4S/c1-3-25(4-2)30(27,28)20-9-5-7-18(15-20)22-21(26)17-24-12-10-23(11-13-24)16-19-8-6-14-29-19/h5-9,14-15H,3-4,10-13,16-17H2,1-2H3,(H,22,26). The Kier molecular flexibility index (Phi) is 7.65. The van der Waals surface area contributed by atoms with Gasteiger partial charge in [0.15, 0.2) is 0 Å². The van der Waals surface area contributed by atoms with Crippen LogP contribution in [0.3, 0.4) is 0 Å². The number of sulfonamides is 1. The van der Waals surface area contributed by atoms with E-state index in [-0.39, 0.29) is 17.3 Å². The zero-order valence-corrected chi connectivity index (χ0v) is 18.4. The van der Waals surface area contributed by atoms with Crippen molar-refractivity contribution in [3.05, 3.63) is 48.4 Å². The molecule has 1 aromatic carbocycles. The van der Waals surface area contributed by atoms with Crippen LogP contribution in [0.25, 0.3) is 0 Å². The van der Waals surface area contributed by atoms with Gasteiger partial charge in [0.2, 0.25) is 15.9 Å². The highest BCUT2D eigenvalue weighted by molar-refractivity contribution is 7.89. The first-order chi connectivity index (χ1) is 14.4. The molecule has 0 atom stereocenters. The molecule has 30 heavy (non-hydrogen) atoms. The van der Waals surface area contributed by atoms with Crippen molar-refractivity contribution < 1.29 is 17.6 Å². The number of nitrogens with zero attached hydrogens (tertiary/aromatic N) is 3. The van der Waals surface area contributed by atoms with E-state index in [1.54, 1.807) is 38.3 Å². The van der Waals surface area contributed by atoms with E-state index in [1.165, 1.54) is 10.4 Å². The first-order valence-corrected chi connectivity index (χ1v) is 11.7. The lowest BCUT2D eigenvalue weighted by molar-refractivity contribution is -0.117. The van der Waals surface area contributed by atoms with Crippen LogP contribution in [0.2, 0.25) is 0 Å². The third-order valence-corrected chi connectivity index (χ3v) is 7.30. The molecule has 0 radical (unpaired) electrons. The maximum absolute atomic E-state index is 12.7. The summed E-state index contributed by atoms with van der Waals surface area (Å²) in [6.07, 6.45) is 1.68. The number of amides is 1. The van der Waals surface area contributed by atoms with Gasteiger partial charge in [-0.25, -0.2) is 8.42 Å². The normalized spacial score (nSPS) is 16.1. The molecule has 9 heteroatoms. The van der Waals surface area contributed by atoms with Gasteiger partial charge in [0.05, 0.1) is 24.2 Å². The third-order valence-electron chi connectivity index (χ3n) is 5.25. The van der Waals surface area contributed by atoms with E-state index >= 15 is 0 Å². The van der Waals surface area contributed by atoms with Crippen LogP contribution in [0.5, 0.6) is 0 Å². The summed E-state index contributed by atoms with van der Waals surface area (Å²) >= 11 is 0. The maximum atomic E-state index is 12.7. The Morgan fingerprint density at radius 2 is 1.77 bits per heavy atom. The second-order valence-corrected chi connectivity index (χ2v) is 9.23. The predicted octanol–water partition coefficient (Wildman–Crippen LogP) is 2.07. The first kappa shape index (κ1) is 22.5. The number of carbonyl (C=O) groups excluding carboxylic acids is 1. The number of hydrogen-bond acceptors (Lipinski definition) is 6. The molecule has 3 rings (SSSR count). The number of anilines is 1. The predicted molar refractivity (Wildman–Crippen MR) is 116 cm³/mol. The number of carbonyl (C=O) groups is 1. The fraction of sp³-hybridized carbons (Fsp3) is 0.476. The van der Waals surface area contributed by atoms with Gasteiger partial charge < -0.3 is 9.73 Å². The molecule has 8 nitrogen and oxygen atoms in total. The van der Waals surface area contributed by atoms with Gasteiger partial charge in [0.1, 0.15) is 5.76 Å². The fourth-order valence-corrected chi connectivity index (χ4v) is 5.08. The molecule has 1 aromatic heterocycles. The quantitative estimate of drug-likeness (QED) is 0.650. The number of nitrogens with one attached hydrogen (secondary N) is 1. The lowest BCUT2D eigenvalue weighted by Crippen LogP contribution is -2.48. The lowest BCUT2D eigenvalue weighted by Gasteiger charge is -2.33. The number of benzene rings is 1. The molecule has 1 N–H and O–H groups in total. The van der Waals surface area contributed by atoms with Crippen molar-refractivity contribution in [1.82, 2.24) is 14.1 Å². The van der Waals surface area contributed by atoms with E-state index < -0.39 is 10.0 Å². The zero-order valence-electron chi connectivity index (χ0n) is 17.6. The monoisotopic (exact) mass is 434 g/mol. The number of rotatable bonds is 9. The molecule has 1 aliphatic rings. The topological polar surface area (TPSA) is 86.1 Å². The van der Waals surface area contributed by atoms with Gasteiger partial charge in [-0.2, -0.15) is 4.31 Å². The van der Waals surface area contributed by atoms with Gasteiger partial charge >= 0.3 is 0 Å². The van der Waals surface area contributed by atoms with Crippen molar-refractivity contribution in [2.75, 3.05) is 51.1 Å². The Morgan fingerprint density at radius 3 is 2.40 bits per heavy atom. The SMILES string of the molecule is CCN(CC)S(=O)(=O)c1cccc(NC(=O)CN2CCN(Cc3ccco3)CC2)c1. The van der Waals surface area contributed by atoms with Crippen LogP contribution >= 0.6 is 0 Å². The highest BCUT2D eigenvalue weighted by Crippen LogP contribution is 2.19. The molecular weight excluding hydrogens is 404 g/mol. The summed E-state index contributed by atoms with van der Waals surface area (Å²) in [5, 5.41) is 2.83. The van der Waals surface area contributed by atoms with Crippen molar-refractivity contribution in [1.29, 1.82) is 0 Å². The highest BCUT2D eigenvalue weighted by atomic mass is 32.2. The average molecular weight is 435 g/mol. The van der Waals surface area contributed by atoms with E-state index in [0.29, 0.717) is 18.8 Å². The second kappa shape index (κ2) is 10.2. The molecule has 0 saturated carbocycles. The number of furan rings is 1. The van der Waals surface area contributed by atoms with Crippen molar-refractivity contribution in [3.63, 3.8) is 0 Å². The smallest absolute Gasteiger partial charge is 0.243 e. The van der Waals surface area contributed by atoms with E-state index in [2.05, 4.69) is 15.1 Å². The molecule has 1 fully saturated rings. The summed E-state index contributed by atoms with van der Waals surface area (Å²) in [5.74, 6) is 0.799. The molecule has 1 aliphatic heterocycles. The van der Waals surface area contributed by atoms with Gasteiger partial charge in [-0.15, -0.1) is 0 Å². The third kappa shape index (κ3) is 5.69. The summed E-state index contributed by atoms with van der Waals surface area (Å²) in [6.45, 7) is 8.80. The molecule has 2 aromatic rings. The Balaban J connectivity index is 1.52. The summed E-state index contributed by atoms with van der Waals surface area (Å²) in [7, 11) is -3.56. The van der Waals surface area contributed by atoms with Crippen LogP contribution < -0.4 is 5.32 Å². The van der Waals surface area contributed by atoms with Crippen LogP contribution in [0.1, 0.15) is 19.6 Å². The van der Waals surface area contributed by atoms with Crippen molar-refractivity contribution in [2.45, 2.75) is 25.3 Å². The molecule has 0 bridgehead atoms. The summed E-state index contributed by atoms with van der Waals surface area (Å²) in [5.41, 5.74) is 0.490. The lowest BCUT2D eigenvalue weighted by atomic mass is 10.3. The molecule has 164 valence electrons. The van der Waals surface area contributed by atoms with Gasteiger partial charge in [0, 0.05) is 45.0 Å². The fourth-order valence-electron chi connectivity index (χ4n) is 3.58. The van der Waals surface area contributed by atoms with Gasteiger partial charge in [0.25, 0.3) is 0 Å². The summed E-state index contributed by atoms with van der Waals surface area (Å²) < 4.78 is 32.2. The molecule has 0 aliphatic carbocycles. The van der Waals surface area contributed by atoms with Crippen LogP contribution in [0.15, 0.2) is 52.0 Å². The molecule has 0 spiro atoms. The van der Waals surface area contributed by atoms with Gasteiger partial charge in [-0.1, -0.05) is 19.9 Å². The average Bonchev–Trinajstić information content (AvgIpc) is 3.23. The minimum absolute atomic E-state index is 0.146. The maximum Gasteiger partial charge on any atom is 0.243 e. The van der Waals surface area contributed by atoms with Crippen molar-refractivity contribution in [3.8, 4) is 0 Å². The van der Waals surface area contributed by atoms with Crippen molar-refractivity contribution >= 4 is 21.6 Å². The second-order valence-electron chi connectivity index (χ2n) is 7.30. The highest BCUT2D eigenvalue weighted by Gasteiger charge is 2.23. The Bertz CT molecular complexity index is 918. The minimum Gasteiger partial charge on any atom is -0.468 e. The van der Waals surface area contributed by atoms with Crippen LogP contribution in [0.4, 0.5) is 5.69 Å². The van der Waals surface area contributed by atoms with E-state index in [1.807, 2.05) is 12.1 Å². The van der Waals surface area contributed by atoms with E-state index in [9.17, 15) is 13.2 Å². The minimum atomic E-state index is -3.56. The number of piperazine rings is 1. The Morgan fingerprint density at radius 1 is 1.07 bits per heavy atom. The molecule has 2 heterocycles. The zero-order chi connectivity index (χ0) is 21.6. The van der Waals surface area contributed by atoms with Crippen LogP contribution in [-0.4, -0.2) is 74.2 Å². The Labute approximate surface area is 178 Å². The largest absolute Gasteiger partial charge is 0.468 e. The molecule has 0 unspecified atom stereocenters. The van der Waals surface area contributed by atoms with E-state index in [4.69, 9.17) is 4.42 Å². The van der Waals surface area contributed by atoms with Crippen LogP contribution in [0, 0.1) is 0 Å². The molecule has 1 saturated heterocycles.